The second-order valence-electron chi connectivity index (χ2n) is 7.94. The molecule has 32 heavy (non-hydrogen) atoms. The van der Waals surface area contributed by atoms with Gasteiger partial charge >= 0.3 is 0 Å². The van der Waals surface area contributed by atoms with Gasteiger partial charge in [-0.3, -0.25) is 14.2 Å². The highest BCUT2D eigenvalue weighted by Crippen LogP contribution is 2.16. The number of benzene rings is 1. The summed E-state index contributed by atoms with van der Waals surface area (Å²) in [6, 6.07) is 15.9. The third kappa shape index (κ3) is 4.51. The van der Waals surface area contributed by atoms with E-state index in [0.717, 1.165) is 25.0 Å². The summed E-state index contributed by atoms with van der Waals surface area (Å²) in [5, 5.41) is 2.99. The number of fused-ring (bicyclic) bond motifs is 3. The van der Waals surface area contributed by atoms with Crippen molar-refractivity contribution in [2.75, 3.05) is 24.5 Å². The first-order valence-electron chi connectivity index (χ1n) is 11.1. The fourth-order valence-corrected chi connectivity index (χ4v) is 4.09. The molecule has 0 unspecified atom stereocenters. The van der Waals surface area contributed by atoms with E-state index in [2.05, 4.69) is 53.3 Å². The van der Waals surface area contributed by atoms with Crippen molar-refractivity contribution in [1.29, 1.82) is 0 Å². The van der Waals surface area contributed by atoms with Gasteiger partial charge in [0.25, 0.3) is 5.56 Å². The predicted molar refractivity (Wildman–Crippen MR) is 128 cm³/mol. The van der Waals surface area contributed by atoms with Crippen LogP contribution in [0.3, 0.4) is 0 Å². The summed E-state index contributed by atoms with van der Waals surface area (Å²) in [5.41, 5.74) is 4.34. The zero-order valence-corrected chi connectivity index (χ0v) is 18.6. The largest absolute Gasteiger partial charge is 0.372 e. The van der Waals surface area contributed by atoms with Crippen LogP contribution in [0.5, 0.6) is 0 Å². The van der Waals surface area contributed by atoms with Crippen molar-refractivity contribution in [3.05, 3.63) is 76.8 Å². The molecule has 3 aromatic heterocycles. The second-order valence-corrected chi connectivity index (χ2v) is 7.94. The van der Waals surface area contributed by atoms with E-state index in [1.807, 2.05) is 28.8 Å². The van der Waals surface area contributed by atoms with E-state index in [0.29, 0.717) is 24.3 Å². The van der Waals surface area contributed by atoms with Crippen molar-refractivity contribution in [2.45, 2.75) is 33.2 Å². The molecule has 1 aromatic carbocycles. The van der Waals surface area contributed by atoms with E-state index in [-0.39, 0.29) is 17.9 Å². The maximum absolute atomic E-state index is 12.9. The summed E-state index contributed by atoms with van der Waals surface area (Å²) in [4.78, 5) is 32.1. The molecule has 0 aliphatic rings. The first-order valence-corrected chi connectivity index (χ1v) is 11.1. The van der Waals surface area contributed by atoms with Gasteiger partial charge in [0.15, 0.2) is 5.65 Å². The third-order valence-corrected chi connectivity index (χ3v) is 5.73. The van der Waals surface area contributed by atoms with Crippen molar-refractivity contribution >= 4 is 28.3 Å². The maximum Gasteiger partial charge on any atom is 0.276 e. The predicted octanol–water partition coefficient (Wildman–Crippen LogP) is 3.38. The molecule has 3 heterocycles. The number of nitrogens with one attached hydrogen (secondary N) is 1. The molecule has 1 amide bonds. The van der Waals surface area contributed by atoms with E-state index >= 15 is 0 Å². The van der Waals surface area contributed by atoms with Gasteiger partial charge < -0.3 is 14.6 Å². The van der Waals surface area contributed by atoms with Gasteiger partial charge in [-0.2, -0.15) is 0 Å². The summed E-state index contributed by atoms with van der Waals surface area (Å²) in [7, 11) is 0. The smallest absolute Gasteiger partial charge is 0.276 e. The summed E-state index contributed by atoms with van der Waals surface area (Å²) < 4.78 is 3.44. The molecular weight excluding hydrogens is 402 g/mol. The number of carbonyl (C=O) groups excluding carboxylic acids is 1. The average Bonchev–Trinajstić information content (AvgIpc) is 3.30. The lowest BCUT2D eigenvalue weighted by Crippen LogP contribution is -2.31. The highest BCUT2D eigenvalue weighted by Gasteiger charge is 2.12. The lowest BCUT2D eigenvalue weighted by molar-refractivity contribution is -0.121. The van der Waals surface area contributed by atoms with Crippen LogP contribution >= 0.6 is 0 Å². The Labute approximate surface area is 187 Å². The van der Waals surface area contributed by atoms with Crippen LogP contribution in [0.1, 0.15) is 25.3 Å². The molecule has 7 nitrogen and oxygen atoms in total. The van der Waals surface area contributed by atoms with Crippen LogP contribution < -0.4 is 15.8 Å². The van der Waals surface area contributed by atoms with E-state index in [1.165, 1.54) is 11.3 Å². The van der Waals surface area contributed by atoms with Gasteiger partial charge in [-0.15, -0.1) is 0 Å². The van der Waals surface area contributed by atoms with Crippen molar-refractivity contribution in [3.8, 4) is 0 Å². The Morgan fingerprint density at radius 3 is 2.78 bits per heavy atom. The monoisotopic (exact) mass is 431 g/mol. The molecule has 0 fully saturated rings. The van der Waals surface area contributed by atoms with Gasteiger partial charge in [0.05, 0.1) is 5.52 Å². The first kappa shape index (κ1) is 21.6. The highest BCUT2D eigenvalue weighted by molar-refractivity contribution is 5.77. The molecule has 7 heteroatoms. The van der Waals surface area contributed by atoms with Crippen LogP contribution in [-0.4, -0.2) is 39.5 Å². The summed E-state index contributed by atoms with van der Waals surface area (Å²) >= 11 is 0. The van der Waals surface area contributed by atoms with Gasteiger partial charge in [0.2, 0.25) is 5.91 Å². The minimum absolute atomic E-state index is 0.0603. The molecule has 0 saturated heterocycles. The van der Waals surface area contributed by atoms with Crippen LogP contribution in [0.4, 0.5) is 5.69 Å². The molecule has 1 N–H and O–H groups in total. The number of rotatable bonds is 9. The van der Waals surface area contributed by atoms with Gasteiger partial charge in [-0.25, -0.2) is 4.98 Å². The zero-order chi connectivity index (χ0) is 22.5. The van der Waals surface area contributed by atoms with Crippen LogP contribution in [0, 0.1) is 6.92 Å². The van der Waals surface area contributed by atoms with Crippen LogP contribution in [0.15, 0.2) is 65.7 Å². The molecule has 0 radical (unpaired) electrons. The number of aryl methyl sites for hydroxylation is 2. The lowest BCUT2D eigenvalue weighted by atomic mass is 10.2. The minimum atomic E-state index is -0.134. The quantitative estimate of drug-likeness (QED) is 0.413. The highest BCUT2D eigenvalue weighted by atomic mass is 16.2. The van der Waals surface area contributed by atoms with Crippen LogP contribution in [0.2, 0.25) is 0 Å². The Bertz CT molecular complexity index is 1290. The van der Waals surface area contributed by atoms with E-state index in [9.17, 15) is 9.59 Å². The number of hydrogen-bond acceptors (Lipinski definition) is 4. The first-order chi connectivity index (χ1) is 15.6. The van der Waals surface area contributed by atoms with Gasteiger partial charge in [-0.05, 0) is 62.2 Å². The van der Waals surface area contributed by atoms with Crippen molar-refractivity contribution in [1.82, 2.24) is 19.3 Å². The Kier molecular flexibility index (Phi) is 6.54. The van der Waals surface area contributed by atoms with Crippen molar-refractivity contribution in [2.24, 2.45) is 0 Å². The number of anilines is 1. The molecule has 0 aliphatic carbocycles. The number of amides is 1. The Hall–Kier alpha value is -3.61. The fourth-order valence-electron chi connectivity index (χ4n) is 4.09. The van der Waals surface area contributed by atoms with Crippen molar-refractivity contribution < 1.29 is 4.79 Å². The molecule has 166 valence electrons. The zero-order valence-electron chi connectivity index (χ0n) is 18.6. The summed E-state index contributed by atoms with van der Waals surface area (Å²) in [6.45, 7) is 6.92. The molecule has 0 aliphatic heterocycles. The average molecular weight is 432 g/mol. The molecule has 4 aromatic rings. The summed E-state index contributed by atoms with van der Waals surface area (Å²) in [6.07, 6.45) is 4.61. The molecule has 0 atom stereocenters. The van der Waals surface area contributed by atoms with Crippen molar-refractivity contribution in [3.63, 3.8) is 0 Å². The fraction of sp³-hybridized carbons (Fsp3) is 0.320. The third-order valence-electron chi connectivity index (χ3n) is 5.73. The number of hydrogen-bond donors (Lipinski definition) is 1. The molecule has 0 spiro atoms. The number of aromatic nitrogens is 3. The number of pyridine rings is 1. The van der Waals surface area contributed by atoms with Gasteiger partial charge in [0.1, 0.15) is 5.52 Å². The van der Waals surface area contributed by atoms with E-state index in [4.69, 9.17) is 0 Å². The topological polar surface area (TPSA) is 71.6 Å². The number of carbonyl (C=O) groups is 1. The normalized spacial score (nSPS) is 11.2. The Morgan fingerprint density at radius 2 is 1.97 bits per heavy atom. The molecular formula is C25H29N5O2. The Balaban J connectivity index is 1.34. The Morgan fingerprint density at radius 1 is 1.12 bits per heavy atom. The maximum atomic E-state index is 12.9. The second kappa shape index (κ2) is 9.68. The van der Waals surface area contributed by atoms with Crippen LogP contribution in [0.25, 0.3) is 16.7 Å². The lowest BCUT2D eigenvalue weighted by Gasteiger charge is -2.23. The van der Waals surface area contributed by atoms with E-state index in [1.54, 1.807) is 16.8 Å². The van der Waals surface area contributed by atoms with Crippen LogP contribution in [-0.2, 0) is 11.3 Å². The van der Waals surface area contributed by atoms with Gasteiger partial charge in [0, 0.05) is 50.7 Å². The molecule has 0 saturated carbocycles. The number of nitrogens with zero attached hydrogens (tertiary/aromatic N) is 4. The minimum Gasteiger partial charge on any atom is -0.372 e. The molecule has 4 rings (SSSR count). The van der Waals surface area contributed by atoms with E-state index < -0.39 is 0 Å². The summed E-state index contributed by atoms with van der Waals surface area (Å²) in [5.74, 6) is -0.0603. The SMILES string of the molecule is CCN(CCCNC(=O)CCn1c(=O)c2cccn2c2cccnc21)c1cccc(C)c1. The standard InChI is InChI=1S/C25H29N5O2/c1-3-28(20-9-4-8-19(2)18-20)15-7-14-26-23(31)12-17-30-24-21(10-5-13-27-24)29-16-6-11-22(29)25(30)32/h4-6,8-11,13,16,18H,3,7,12,14-15,17H2,1-2H3,(H,26,31). The molecule has 0 bridgehead atoms. The van der Waals surface area contributed by atoms with Gasteiger partial charge in [-0.1, -0.05) is 12.1 Å².